The fourth-order valence-electron chi connectivity index (χ4n) is 3.66. The molecule has 1 amide bonds. The van der Waals surface area contributed by atoms with E-state index in [4.69, 9.17) is 9.15 Å². The predicted molar refractivity (Wildman–Crippen MR) is 124 cm³/mol. The van der Waals surface area contributed by atoms with Crippen LogP contribution in [0.25, 0.3) is 0 Å². The van der Waals surface area contributed by atoms with E-state index >= 15 is 0 Å². The van der Waals surface area contributed by atoms with Gasteiger partial charge in [0.15, 0.2) is 5.69 Å². The Morgan fingerprint density at radius 2 is 1.91 bits per heavy atom. The van der Waals surface area contributed by atoms with Gasteiger partial charge in [-0.2, -0.15) is 0 Å². The molecule has 32 heavy (non-hydrogen) atoms. The number of hydrogen-bond acceptors (Lipinski definition) is 7. The van der Waals surface area contributed by atoms with Gasteiger partial charge < -0.3 is 19.6 Å². The molecule has 2 aromatic rings. The first-order valence-electron chi connectivity index (χ1n) is 11.3. The Bertz CT molecular complexity index is 875. The van der Waals surface area contributed by atoms with Crippen molar-refractivity contribution in [3.63, 3.8) is 0 Å². The number of anilines is 1. The molecule has 3 rings (SSSR count). The number of carbonyl (C=O) groups is 1. The second kappa shape index (κ2) is 11.6. The smallest absolute Gasteiger partial charge is 0.277 e. The molecule has 0 radical (unpaired) electrons. The van der Waals surface area contributed by atoms with Crippen LogP contribution in [0, 0.1) is 19.8 Å². The zero-order chi connectivity index (χ0) is 23.1. The minimum Gasteiger partial charge on any atom is -0.447 e. The van der Waals surface area contributed by atoms with Crippen molar-refractivity contribution in [2.45, 2.75) is 40.3 Å². The molecule has 8 nitrogen and oxygen atoms in total. The van der Waals surface area contributed by atoms with Crippen LogP contribution in [0.5, 0.6) is 0 Å². The lowest BCUT2D eigenvalue weighted by Crippen LogP contribution is -2.48. The van der Waals surface area contributed by atoms with Crippen LogP contribution in [0.1, 0.15) is 41.4 Å². The Balaban J connectivity index is 1.42. The van der Waals surface area contributed by atoms with Crippen molar-refractivity contribution < 1.29 is 19.1 Å². The van der Waals surface area contributed by atoms with E-state index in [-0.39, 0.29) is 11.6 Å². The number of piperazine rings is 1. The van der Waals surface area contributed by atoms with Crippen LogP contribution in [-0.4, -0.2) is 77.8 Å². The zero-order valence-electron chi connectivity index (χ0n) is 19.6. The van der Waals surface area contributed by atoms with E-state index in [9.17, 15) is 9.90 Å². The summed E-state index contributed by atoms with van der Waals surface area (Å²) >= 11 is 0. The first kappa shape index (κ1) is 24.4. The highest BCUT2D eigenvalue weighted by molar-refractivity contribution is 6.03. The summed E-state index contributed by atoms with van der Waals surface area (Å²) in [6.07, 6.45) is 0.949. The summed E-state index contributed by atoms with van der Waals surface area (Å²) in [5.41, 5.74) is 3.15. The molecule has 0 spiro atoms. The Labute approximate surface area is 190 Å². The number of aliphatic hydroxyl groups excluding tert-OH is 1. The molecule has 1 atom stereocenters. The van der Waals surface area contributed by atoms with E-state index in [1.807, 2.05) is 32.0 Å². The number of rotatable bonds is 10. The number of ether oxygens (including phenoxy) is 1. The van der Waals surface area contributed by atoms with E-state index in [0.29, 0.717) is 38.1 Å². The molecule has 2 heterocycles. The lowest BCUT2D eigenvalue weighted by atomic mass is 10.1. The number of nitrogens with zero attached hydrogens (tertiary/aromatic N) is 3. The number of aryl methyl sites for hydroxylation is 2. The lowest BCUT2D eigenvalue weighted by Gasteiger charge is -2.34. The van der Waals surface area contributed by atoms with Gasteiger partial charge in [0.25, 0.3) is 5.91 Å². The highest BCUT2D eigenvalue weighted by atomic mass is 16.5. The van der Waals surface area contributed by atoms with E-state index in [0.717, 1.165) is 43.0 Å². The second-order valence-corrected chi connectivity index (χ2v) is 9.06. The first-order chi connectivity index (χ1) is 15.3. The lowest BCUT2D eigenvalue weighted by molar-refractivity contribution is -0.000850. The number of amides is 1. The Morgan fingerprint density at radius 3 is 2.62 bits per heavy atom. The molecule has 1 saturated heterocycles. The van der Waals surface area contributed by atoms with Crippen LogP contribution < -0.4 is 5.32 Å². The van der Waals surface area contributed by atoms with Gasteiger partial charge in [-0.15, -0.1) is 0 Å². The van der Waals surface area contributed by atoms with Crippen LogP contribution >= 0.6 is 0 Å². The summed E-state index contributed by atoms with van der Waals surface area (Å²) in [6, 6.07) is 5.94. The fraction of sp³-hybridized carbons (Fsp3) is 0.583. The highest BCUT2D eigenvalue weighted by Crippen LogP contribution is 2.18. The molecule has 0 bridgehead atoms. The van der Waals surface area contributed by atoms with E-state index in [2.05, 4.69) is 33.9 Å². The van der Waals surface area contributed by atoms with Crippen molar-refractivity contribution in [3.8, 4) is 0 Å². The third-order valence-corrected chi connectivity index (χ3v) is 5.48. The van der Waals surface area contributed by atoms with E-state index < -0.39 is 6.10 Å². The molecule has 0 saturated carbocycles. The van der Waals surface area contributed by atoms with Crippen molar-refractivity contribution in [2.24, 2.45) is 5.92 Å². The van der Waals surface area contributed by atoms with Crippen LogP contribution in [0.3, 0.4) is 0 Å². The summed E-state index contributed by atoms with van der Waals surface area (Å²) in [7, 11) is 0. The molecular formula is C24H36N4O4. The summed E-state index contributed by atoms with van der Waals surface area (Å²) in [6.45, 7) is 13.8. The monoisotopic (exact) mass is 444 g/mol. The molecule has 0 aliphatic carbocycles. The van der Waals surface area contributed by atoms with Crippen molar-refractivity contribution in [1.29, 1.82) is 0 Å². The van der Waals surface area contributed by atoms with Gasteiger partial charge in [-0.1, -0.05) is 26.0 Å². The number of carbonyl (C=O) groups excluding carboxylic acids is 1. The van der Waals surface area contributed by atoms with Crippen LogP contribution in [0.15, 0.2) is 28.9 Å². The average molecular weight is 445 g/mol. The minimum atomic E-state index is -0.467. The van der Waals surface area contributed by atoms with Gasteiger partial charge in [0.2, 0.25) is 5.89 Å². The highest BCUT2D eigenvalue weighted by Gasteiger charge is 2.21. The molecule has 1 aromatic carbocycles. The molecule has 176 valence electrons. The van der Waals surface area contributed by atoms with E-state index in [1.54, 1.807) is 0 Å². The van der Waals surface area contributed by atoms with Gasteiger partial charge in [-0.25, -0.2) is 4.98 Å². The third kappa shape index (κ3) is 7.41. The van der Waals surface area contributed by atoms with Crippen LogP contribution in [-0.2, 0) is 11.3 Å². The summed E-state index contributed by atoms with van der Waals surface area (Å²) in [4.78, 5) is 21.4. The maximum Gasteiger partial charge on any atom is 0.277 e. The quantitative estimate of drug-likeness (QED) is 0.582. The number of aromatic nitrogens is 1. The standard InChI is InChI=1S/C24H36N4O4/c1-17(2)14-31-15-20(29)12-27-7-9-28(10-8-27)13-23-25-22(16-32-23)24(30)26-21-11-18(3)5-6-19(21)4/h5-6,11,16-17,20,29H,7-10,12-15H2,1-4H3,(H,26,30). The third-order valence-electron chi connectivity index (χ3n) is 5.48. The topological polar surface area (TPSA) is 91.1 Å². The zero-order valence-corrected chi connectivity index (χ0v) is 19.6. The maximum absolute atomic E-state index is 12.6. The molecule has 1 aliphatic heterocycles. The number of nitrogens with one attached hydrogen (secondary N) is 1. The Hall–Kier alpha value is -2.26. The second-order valence-electron chi connectivity index (χ2n) is 9.06. The van der Waals surface area contributed by atoms with Gasteiger partial charge >= 0.3 is 0 Å². The van der Waals surface area contributed by atoms with E-state index in [1.165, 1.54) is 6.26 Å². The molecule has 1 unspecified atom stereocenters. The van der Waals surface area contributed by atoms with Gasteiger partial charge in [-0.05, 0) is 37.0 Å². The van der Waals surface area contributed by atoms with Crippen molar-refractivity contribution in [2.75, 3.05) is 51.3 Å². The minimum absolute atomic E-state index is 0.271. The molecular weight excluding hydrogens is 408 g/mol. The number of benzene rings is 1. The fourth-order valence-corrected chi connectivity index (χ4v) is 3.66. The average Bonchev–Trinajstić information content (AvgIpc) is 3.20. The van der Waals surface area contributed by atoms with Crippen molar-refractivity contribution in [3.05, 3.63) is 47.2 Å². The molecule has 2 N–H and O–H groups in total. The SMILES string of the molecule is Cc1ccc(C)c(NC(=O)c2coc(CN3CCN(CC(O)COCC(C)C)CC3)n2)c1. The number of oxazole rings is 1. The van der Waals surface area contributed by atoms with Crippen molar-refractivity contribution in [1.82, 2.24) is 14.8 Å². The van der Waals surface area contributed by atoms with Crippen molar-refractivity contribution >= 4 is 11.6 Å². The Kier molecular flexibility index (Phi) is 8.81. The number of β-amino-alcohol motifs (C(OH)–C–C–N with tert-alkyl or cyclic N) is 1. The number of aliphatic hydroxyl groups is 1. The predicted octanol–water partition coefficient (Wildman–Crippen LogP) is 2.69. The van der Waals surface area contributed by atoms with Gasteiger partial charge in [0, 0.05) is 45.0 Å². The summed E-state index contributed by atoms with van der Waals surface area (Å²) in [5, 5.41) is 13.1. The molecule has 1 aromatic heterocycles. The van der Waals surface area contributed by atoms with Gasteiger partial charge in [0.05, 0.1) is 19.3 Å². The van der Waals surface area contributed by atoms with Gasteiger partial charge in [-0.3, -0.25) is 14.6 Å². The van der Waals surface area contributed by atoms with Crippen LogP contribution in [0.4, 0.5) is 5.69 Å². The van der Waals surface area contributed by atoms with Gasteiger partial charge in [0.1, 0.15) is 6.26 Å². The first-order valence-corrected chi connectivity index (χ1v) is 11.3. The largest absolute Gasteiger partial charge is 0.447 e. The maximum atomic E-state index is 12.6. The summed E-state index contributed by atoms with van der Waals surface area (Å²) < 4.78 is 11.1. The number of hydrogen-bond donors (Lipinski definition) is 2. The molecule has 8 heteroatoms. The summed E-state index contributed by atoms with van der Waals surface area (Å²) in [5.74, 6) is 0.734. The normalized spacial score (nSPS) is 16.4. The molecule has 1 fully saturated rings. The molecule has 1 aliphatic rings. The Morgan fingerprint density at radius 1 is 1.19 bits per heavy atom. The van der Waals surface area contributed by atoms with Crippen LogP contribution in [0.2, 0.25) is 0 Å².